The molecule has 0 rings (SSSR count). The second-order valence-electron chi connectivity index (χ2n) is 18.8. The molecule has 366 valence electrons. The van der Waals surface area contributed by atoms with Crippen LogP contribution in [0.5, 0.6) is 0 Å². The monoisotopic (exact) mass is 932 g/mol. The third-order valence-corrected chi connectivity index (χ3v) is 13.0. The summed E-state index contributed by atoms with van der Waals surface area (Å²) in [4.78, 5) is 120. The van der Waals surface area contributed by atoms with E-state index in [9.17, 15) is 48.3 Å². The van der Waals surface area contributed by atoms with Gasteiger partial charge in [-0.15, -0.1) is 6.58 Å². The van der Waals surface area contributed by atoms with Crippen LogP contribution >= 0.6 is 11.8 Å². The molecule has 0 bridgehead atoms. The first-order valence-electron chi connectivity index (χ1n) is 20.5. The summed E-state index contributed by atoms with van der Waals surface area (Å²) in [5.41, 5.74) is -11.1. The second-order valence-corrected chi connectivity index (χ2v) is 19.9. The van der Waals surface area contributed by atoms with Gasteiger partial charge in [0.25, 0.3) is 0 Å². The van der Waals surface area contributed by atoms with Gasteiger partial charge in [0.2, 0.25) is 0 Å². The molecule has 0 aromatic carbocycles. The molecular weight excluding hydrogens is 861 g/mol. The number of thioether (sulfide) groups is 1. The molecule has 1 N–H and O–H groups in total. The van der Waals surface area contributed by atoms with Crippen molar-refractivity contribution in [3.63, 3.8) is 0 Å². The van der Waals surface area contributed by atoms with Crippen LogP contribution in [-0.2, 0) is 81.0 Å². The average molecular weight is 933 g/mol. The average Bonchev–Trinajstić information content (AvgIpc) is 3.22. The van der Waals surface area contributed by atoms with Crippen molar-refractivity contribution >= 4 is 65.5 Å². The highest BCUT2D eigenvalue weighted by Gasteiger charge is 2.58. The van der Waals surface area contributed by atoms with Gasteiger partial charge in [-0.1, -0.05) is 6.08 Å². The molecule has 0 aliphatic heterocycles. The van der Waals surface area contributed by atoms with Gasteiger partial charge in [-0.25, -0.2) is 0 Å². The van der Waals surface area contributed by atoms with E-state index in [1.165, 1.54) is 66.7 Å². The minimum Gasteiger partial charge on any atom is -0.481 e. The van der Waals surface area contributed by atoms with E-state index in [0.717, 1.165) is 35.5 Å². The zero-order chi connectivity index (χ0) is 50.1. The number of carboxylic acid groups (broad SMARTS) is 1. The van der Waals surface area contributed by atoms with Crippen LogP contribution in [0.1, 0.15) is 107 Å². The number of aliphatic carboxylic acids is 1. The Balaban J connectivity index is 7.24. The summed E-state index contributed by atoms with van der Waals surface area (Å²) >= 11 is 1.19. The van der Waals surface area contributed by atoms with Gasteiger partial charge >= 0.3 is 53.7 Å². The van der Waals surface area contributed by atoms with E-state index in [1.54, 1.807) is 20.8 Å². The number of hydrogen-bond donors (Lipinski definition) is 1. The Morgan fingerprint density at radius 3 is 1.09 bits per heavy atom. The third-order valence-electron chi connectivity index (χ3n) is 11.7. The Kier molecular flexibility index (Phi) is 22.8. The summed E-state index contributed by atoms with van der Waals surface area (Å²) in [6.45, 7) is 15.5. The smallest absolute Gasteiger partial charge is 0.312 e. The number of hydrogen-bond acceptors (Lipinski definition) is 18. The van der Waals surface area contributed by atoms with E-state index in [0.29, 0.717) is 0 Å². The van der Waals surface area contributed by atoms with E-state index in [4.69, 9.17) is 37.9 Å². The lowest BCUT2D eigenvalue weighted by atomic mass is 9.57. The minimum absolute atomic E-state index is 0.0239. The summed E-state index contributed by atoms with van der Waals surface area (Å²) in [5, 5.41) is 9.35. The standard InChI is InChI=1S/C45H72O18S/c1-17-18-29(31(47)48)21-30(46)63-19-20-64-28-45(9,38(55)62-16)27-44(8,37(54)61-15)26-43(7,36(53)60-14)25-42(6,35(52)59-13)24-41(5,34(51)58-12)23-40(4,33(50)57-11)22-39(2,3)32(49)56-10/h17,29H,1,18-28H2,2-16H3,(H,47,48). The largest absolute Gasteiger partial charge is 0.481 e. The summed E-state index contributed by atoms with van der Waals surface area (Å²) in [6, 6.07) is 0. The Morgan fingerprint density at radius 1 is 0.500 bits per heavy atom. The summed E-state index contributed by atoms with van der Waals surface area (Å²) < 4.78 is 41.7. The number of carbonyl (C=O) groups excluding carboxylic acids is 8. The molecule has 0 heterocycles. The molecule has 0 saturated heterocycles. The Morgan fingerprint density at radius 2 is 0.797 bits per heavy atom. The summed E-state index contributed by atoms with van der Waals surface area (Å²) in [5.74, 6) is -8.13. The van der Waals surface area contributed by atoms with Crippen molar-refractivity contribution < 1.29 is 86.2 Å². The quantitative estimate of drug-likeness (QED) is 0.0418. The fourth-order valence-electron chi connectivity index (χ4n) is 9.57. The highest BCUT2D eigenvalue weighted by atomic mass is 32.2. The maximum Gasteiger partial charge on any atom is 0.312 e. The Labute approximate surface area is 381 Å². The first kappa shape index (κ1) is 59.3. The topological polar surface area (TPSA) is 248 Å². The van der Waals surface area contributed by atoms with Crippen LogP contribution in [0.4, 0.5) is 0 Å². The lowest BCUT2D eigenvalue weighted by Gasteiger charge is -2.45. The van der Waals surface area contributed by atoms with Crippen molar-refractivity contribution in [2.45, 2.75) is 107 Å². The van der Waals surface area contributed by atoms with Gasteiger partial charge in [-0.2, -0.15) is 11.8 Å². The number of ether oxygens (including phenoxy) is 8. The number of rotatable bonds is 29. The van der Waals surface area contributed by atoms with Crippen LogP contribution in [0.3, 0.4) is 0 Å². The maximum absolute atomic E-state index is 14.1. The lowest BCUT2D eigenvalue weighted by molar-refractivity contribution is -0.172. The number of carboxylic acids is 1. The molecule has 0 fully saturated rings. The SMILES string of the molecule is C=CCC(CC(=O)OCCSCC(C)(CC(C)(CC(C)(CC(C)(CC(C)(CC(C)(CC(C)(C)C(=O)OC)C(=O)OC)C(=O)OC)C(=O)OC)C(=O)OC)C(=O)OC)C(=O)OC)C(=O)O. The van der Waals surface area contributed by atoms with Crippen molar-refractivity contribution in [3.05, 3.63) is 12.7 Å². The molecule has 0 aromatic heterocycles. The van der Waals surface area contributed by atoms with Gasteiger partial charge in [0.15, 0.2) is 0 Å². The fraction of sp³-hybridized carbons (Fsp3) is 0.756. The summed E-state index contributed by atoms with van der Waals surface area (Å²) in [6.07, 6.45) is -0.786. The van der Waals surface area contributed by atoms with E-state index in [-0.39, 0.29) is 56.6 Å². The van der Waals surface area contributed by atoms with Crippen LogP contribution < -0.4 is 0 Å². The number of allylic oxidation sites excluding steroid dienone is 1. The zero-order valence-electron chi connectivity index (χ0n) is 40.4. The third kappa shape index (κ3) is 15.8. The van der Waals surface area contributed by atoms with E-state index >= 15 is 0 Å². The van der Waals surface area contributed by atoms with Crippen molar-refractivity contribution in [2.24, 2.45) is 43.8 Å². The first-order chi connectivity index (χ1) is 29.4. The molecule has 0 aliphatic carbocycles. The molecule has 0 spiro atoms. The predicted molar refractivity (Wildman–Crippen MR) is 233 cm³/mol. The number of carbonyl (C=O) groups is 9. The zero-order valence-corrected chi connectivity index (χ0v) is 41.3. The molecule has 0 aromatic rings. The molecular formula is C45H72O18S. The van der Waals surface area contributed by atoms with Crippen LogP contribution in [0.15, 0.2) is 12.7 Å². The van der Waals surface area contributed by atoms with Gasteiger partial charge in [0, 0.05) is 11.5 Å². The van der Waals surface area contributed by atoms with E-state index in [2.05, 4.69) is 6.58 Å². The summed E-state index contributed by atoms with van der Waals surface area (Å²) in [7, 11) is 8.05. The number of esters is 8. The Bertz CT molecular complexity index is 1710. The van der Waals surface area contributed by atoms with E-state index < -0.39 is 110 Å². The molecule has 7 atom stereocenters. The molecule has 0 amide bonds. The minimum atomic E-state index is -1.76. The molecule has 18 nitrogen and oxygen atoms in total. The molecule has 0 saturated carbocycles. The van der Waals surface area contributed by atoms with Gasteiger partial charge in [-0.05, 0) is 100 Å². The van der Waals surface area contributed by atoms with Crippen LogP contribution in [0.2, 0.25) is 0 Å². The highest BCUT2D eigenvalue weighted by molar-refractivity contribution is 7.99. The van der Waals surface area contributed by atoms with Crippen molar-refractivity contribution in [2.75, 3.05) is 67.9 Å². The van der Waals surface area contributed by atoms with Crippen LogP contribution in [-0.4, -0.2) is 127 Å². The molecule has 64 heavy (non-hydrogen) atoms. The van der Waals surface area contributed by atoms with Gasteiger partial charge in [0.1, 0.15) is 6.61 Å². The molecule has 19 heteroatoms. The van der Waals surface area contributed by atoms with Gasteiger partial charge in [0.05, 0.1) is 100 Å². The predicted octanol–water partition coefficient (Wildman–Crippen LogP) is 5.55. The normalized spacial score (nSPS) is 17.5. The molecule has 7 unspecified atom stereocenters. The Hall–Kier alpha value is -4.68. The first-order valence-corrected chi connectivity index (χ1v) is 21.7. The fourth-order valence-corrected chi connectivity index (χ4v) is 10.6. The highest BCUT2D eigenvalue weighted by Crippen LogP contribution is 2.54. The van der Waals surface area contributed by atoms with Gasteiger partial charge in [-0.3, -0.25) is 43.2 Å². The second kappa shape index (κ2) is 24.6. The van der Waals surface area contributed by atoms with Crippen molar-refractivity contribution in [1.29, 1.82) is 0 Å². The molecule has 0 aliphatic rings. The maximum atomic E-state index is 14.1. The van der Waals surface area contributed by atoms with Crippen molar-refractivity contribution in [1.82, 2.24) is 0 Å². The number of methoxy groups -OCH3 is 7. The lowest BCUT2D eigenvalue weighted by Crippen LogP contribution is -2.50. The van der Waals surface area contributed by atoms with Crippen molar-refractivity contribution in [3.8, 4) is 0 Å². The van der Waals surface area contributed by atoms with Crippen LogP contribution in [0, 0.1) is 43.8 Å². The van der Waals surface area contributed by atoms with Gasteiger partial charge < -0.3 is 43.0 Å². The van der Waals surface area contributed by atoms with Crippen LogP contribution in [0.25, 0.3) is 0 Å². The van der Waals surface area contributed by atoms with E-state index in [1.807, 2.05) is 0 Å². The molecule has 0 radical (unpaired) electrons.